The Kier molecular flexibility index (Phi) is 12.7. The highest BCUT2D eigenvalue weighted by Gasteiger charge is 1.91. The fourth-order valence-corrected chi connectivity index (χ4v) is 0.389. The van der Waals surface area contributed by atoms with Crippen molar-refractivity contribution in [2.24, 2.45) is 0 Å². The number of esters is 2. The van der Waals surface area contributed by atoms with E-state index in [2.05, 4.69) is 22.6 Å². The highest BCUT2D eigenvalue weighted by Crippen LogP contribution is 1.80. The summed E-state index contributed by atoms with van der Waals surface area (Å²) >= 11 is 5.01. The third-order valence-electron chi connectivity index (χ3n) is 0.777. The molecule has 0 N–H and O–H groups in total. The van der Waals surface area contributed by atoms with Crippen LogP contribution in [0.1, 0.15) is 6.92 Å². The molecule has 0 aliphatic rings. The van der Waals surface area contributed by atoms with Gasteiger partial charge in [0.1, 0.15) is 5.88 Å². The van der Waals surface area contributed by atoms with Gasteiger partial charge in [-0.15, -0.1) is 11.6 Å². The molecule has 0 saturated carbocycles. The quantitative estimate of drug-likeness (QED) is 0.313. The van der Waals surface area contributed by atoms with E-state index >= 15 is 0 Å². The topological polar surface area (TPSA) is 52.6 Å². The maximum Gasteiger partial charge on any atom is 0.330 e. The van der Waals surface area contributed by atoms with Gasteiger partial charge < -0.3 is 9.47 Å². The van der Waals surface area contributed by atoms with Gasteiger partial charge in [-0.25, -0.2) is 4.79 Å². The van der Waals surface area contributed by atoms with Gasteiger partial charge in [0.2, 0.25) is 0 Å². The molecule has 4 nitrogen and oxygen atoms in total. The maximum atomic E-state index is 10.1. The SMILES string of the molecule is C=CC(=O)OCC.C=COC(=O)CCl. The second-order valence-corrected chi connectivity index (χ2v) is 2.01. The first-order valence-electron chi connectivity index (χ1n) is 3.77. The lowest BCUT2D eigenvalue weighted by molar-refractivity contribution is -0.137. The Morgan fingerprint density at radius 3 is 2.14 bits per heavy atom. The van der Waals surface area contributed by atoms with Gasteiger partial charge in [0, 0.05) is 6.08 Å². The van der Waals surface area contributed by atoms with Gasteiger partial charge in [-0.1, -0.05) is 13.2 Å². The molecule has 0 aromatic carbocycles. The monoisotopic (exact) mass is 220 g/mol. The number of halogens is 1. The van der Waals surface area contributed by atoms with Gasteiger partial charge in [0.25, 0.3) is 0 Å². The summed E-state index contributed by atoms with van der Waals surface area (Å²) in [5, 5.41) is 0. The van der Waals surface area contributed by atoms with E-state index in [-0.39, 0.29) is 11.8 Å². The van der Waals surface area contributed by atoms with Crippen molar-refractivity contribution in [1.29, 1.82) is 0 Å². The predicted octanol–water partition coefficient (Wildman–Crippen LogP) is 1.65. The Morgan fingerprint density at radius 2 is 2.00 bits per heavy atom. The normalized spacial score (nSPS) is 7.57. The molecule has 0 heterocycles. The number of carbonyl (C=O) groups excluding carboxylic acids is 2. The van der Waals surface area contributed by atoms with E-state index in [0.29, 0.717) is 6.61 Å². The molecule has 0 amide bonds. The van der Waals surface area contributed by atoms with Crippen molar-refractivity contribution in [2.45, 2.75) is 6.92 Å². The Balaban J connectivity index is 0. The fraction of sp³-hybridized carbons (Fsp3) is 0.333. The summed E-state index contributed by atoms with van der Waals surface area (Å²) in [6, 6.07) is 0. The van der Waals surface area contributed by atoms with E-state index in [9.17, 15) is 9.59 Å². The maximum absolute atomic E-state index is 10.1. The number of ether oxygens (including phenoxy) is 2. The molecule has 0 spiro atoms. The standard InChI is InChI=1S/C5H8O2.C4H5ClO2/c1-3-5(6)7-4-2;1-2-7-4(6)3-5/h3H,1,4H2,2H3;2H,1,3H2. The molecule has 0 rings (SSSR count). The Labute approximate surface area is 88.1 Å². The molecule has 14 heavy (non-hydrogen) atoms. The lowest BCUT2D eigenvalue weighted by atomic mass is 10.6. The van der Waals surface area contributed by atoms with Crippen LogP contribution in [0.25, 0.3) is 0 Å². The van der Waals surface area contributed by atoms with E-state index < -0.39 is 5.97 Å². The zero-order valence-corrected chi connectivity index (χ0v) is 8.75. The minimum Gasteiger partial charge on any atom is -0.463 e. The van der Waals surface area contributed by atoms with Crippen LogP contribution < -0.4 is 0 Å². The van der Waals surface area contributed by atoms with Gasteiger partial charge in [-0.05, 0) is 6.92 Å². The summed E-state index contributed by atoms with van der Waals surface area (Å²) in [6.45, 7) is 8.52. The van der Waals surface area contributed by atoms with Gasteiger partial charge >= 0.3 is 11.9 Å². The van der Waals surface area contributed by atoms with Gasteiger partial charge in [-0.2, -0.15) is 0 Å². The predicted molar refractivity (Wildman–Crippen MR) is 53.8 cm³/mol. The molecular formula is C9H13ClO4. The molecule has 0 aliphatic heterocycles. The van der Waals surface area contributed by atoms with E-state index in [4.69, 9.17) is 11.6 Å². The average molecular weight is 221 g/mol. The molecule has 0 fully saturated rings. The summed E-state index contributed by atoms with van der Waals surface area (Å²) in [6.07, 6.45) is 2.19. The lowest BCUT2D eigenvalue weighted by Gasteiger charge is -1.90. The highest BCUT2D eigenvalue weighted by atomic mass is 35.5. The zero-order chi connectivity index (χ0) is 11.4. The molecule has 5 heteroatoms. The molecule has 0 aliphatic carbocycles. The third kappa shape index (κ3) is 13.3. The molecule has 0 saturated heterocycles. The lowest BCUT2D eigenvalue weighted by Crippen LogP contribution is -1.98. The summed E-state index contributed by atoms with van der Waals surface area (Å²) in [7, 11) is 0. The number of hydrogen-bond acceptors (Lipinski definition) is 4. The largest absolute Gasteiger partial charge is 0.463 e. The van der Waals surface area contributed by atoms with E-state index in [1.807, 2.05) is 0 Å². The molecule has 0 radical (unpaired) electrons. The second-order valence-electron chi connectivity index (χ2n) is 1.75. The van der Waals surface area contributed by atoms with Crippen molar-refractivity contribution in [2.75, 3.05) is 12.5 Å². The van der Waals surface area contributed by atoms with Crippen molar-refractivity contribution < 1.29 is 19.1 Å². The minimum absolute atomic E-state index is 0.119. The molecule has 80 valence electrons. The van der Waals surface area contributed by atoms with Crippen LogP contribution in [0.2, 0.25) is 0 Å². The summed E-state index contributed by atoms with van der Waals surface area (Å²) in [5.74, 6) is -0.953. The average Bonchev–Trinajstić information content (AvgIpc) is 2.19. The summed E-state index contributed by atoms with van der Waals surface area (Å²) < 4.78 is 8.62. The Hall–Kier alpha value is -1.29. The fourth-order valence-electron chi connectivity index (χ4n) is 0.326. The Morgan fingerprint density at radius 1 is 1.43 bits per heavy atom. The highest BCUT2D eigenvalue weighted by molar-refractivity contribution is 6.26. The number of carbonyl (C=O) groups is 2. The van der Waals surface area contributed by atoms with Crippen molar-refractivity contribution in [3.8, 4) is 0 Å². The van der Waals surface area contributed by atoms with Crippen LogP contribution in [0.4, 0.5) is 0 Å². The zero-order valence-electron chi connectivity index (χ0n) is 7.99. The van der Waals surface area contributed by atoms with Crippen molar-refractivity contribution in [1.82, 2.24) is 0 Å². The van der Waals surface area contributed by atoms with Crippen LogP contribution >= 0.6 is 11.6 Å². The molecule has 0 aromatic heterocycles. The van der Waals surface area contributed by atoms with Crippen LogP contribution in [0, 0.1) is 0 Å². The van der Waals surface area contributed by atoms with Crippen LogP contribution in [0.3, 0.4) is 0 Å². The molecule has 0 aromatic rings. The van der Waals surface area contributed by atoms with Crippen LogP contribution in [-0.4, -0.2) is 24.4 Å². The summed E-state index contributed by atoms with van der Waals surface area (Å²) in [5.41, 5.74) is 0. The van der Waals surface area contributed by atoms with Crippen LogP contribution in [0.5, 0.6) is 0 Å². The van der Waals surface area contributed by atoms with Gasteiger partial charge in [-0.3, -0.25) is 4.79 Å². The Bertz CT molecular complexity index is 201. The smallest absolute Gasteiger partial charge is 0.330 e. The van der Waals surface area contributed by atoms with Crippen molar-refractivity contribution in [3.63, 3.8) is 0 Å². The van der Waals surface area contributed by atoms with Crippen LogP contribution in [-0.2, 0) is 19.1 Å². The first-order valence-corrected chi connectivity index (χ1v) is 4.31. The third-order valence-corrected chi connectivity index (χ3v) is 0.995. The van der Waals surface area contributed by atoms with E-state index in [1.54, 1.807) is 6.92 Å². The number of hydrogen-bond donors (Lipinski definition) is 0. The van der Waals surface area contributed by atoms with Crippen LogP contribution in [0.15, 0.2) is 25.5 Å². The number of alkyl halides is 1. The minimum atomic E-state index is -0.475. The van der Waals surface area contributed by atoms with Crippen molar-refractivity contribution >= 4 is 23.5 Å². The molecule has 0 atom stereocenters. The molecule has 0 unspecified atom stereocenters. The first-order chi connectivity index (χ1) is 6.62. The first kappa shape index (κ1) is 15.2. The molecular weight excluding hydrogens is 208 g/mol. The number of rotatable bonds is 4. The second kappa shape index (κ2) is 11.7. The van der Waals surface area contributed by atoms with Gasteiger partial charge in [0.05, 0.1) is 12.9 Å². The van der Waals surface area contributed by atoms with E-state index in [1.165, 1.54) is 0 Å². The van der Waals surface area contributed by atoms with Gasteiger partial charge in [0.15, 0.2) is 0 Å². The van der Waals surface area contributed by atoms with E-state index in [0.717, 1.165) is 12.3 Å². The molecule has 0 bridgehead atoms. The summed E-state index contributed by atoms with van der Waals surface area (Å²) in [4.78, 5) is 20.1. The van der Waals surface area contributed by atoms with Crippen molar-refractivity contribution in [3.05, 3.63) is 25.5 Å².